The highest BCUT2D eigenvalue weighted by Gasteiger charge is 2.57. The first kappa shape index (κ1) is 23.3. The summed E-state index contributed by atoms with van der Waals surface area (Å²) in [6.45, 7) is 6.50. The Morgan fingerprint density at radius 3 is 2.87 bits per heavy atom. The Hall–Kier alpha value is -0.850. The van der Waals surface area contributed by atoms with Crippen molar-refractivity contribution < 1.29 is 24.9 Å². The van der Waals surface area contributed by atoms with E-state index in [-0.39, 0.29) is 29.4 Å². The summed E-state index contributed by atoms with van der Waals surface area (Å²) < 4.78 is 6.15. The molecule has 4 aliphatic rings. The number of aliphatic imine (C=N–C) groups is 2. The maximum Gasteiger partial charge on any atom is 0.148 e. The zero-order valence-electron chi connectivity index (χ0n) is 18.2. The van der Waals surface area contributed by atoms with Crippen LogP contribution in [0.2, 0.25) is 0 Å². The lowest BCUT2D eigenvalue weighted by molar-refractivity contribution is -0.175. The van der Waals surface area contributed by atoms with E-state index < -0.39 is 30.1 Å². The van der Waals surface area contributed by atoms with Crippen LogP contribution in [0.15, 0.2) is 9.98 Å². The van der Waals surface area contributed by atoms with E-state index in [1.54, 1.807) is 6.92 Å². The molecule has 11 heteroatoms. The van der Waals surface area contributed by atoms with Gasteiger partial charge in [-0.1, -0.05) is 6.92 Å². The summed E-state index contributed by atoms with van der Waals surface area (Å²) in [6, 6.07) is -0.260. The maximum atomic E-state index is 11.4. The number of rotatable bonds is 5. The molecule has 0 radical (unpaired) electrons. The number of hydroxylamine groups is 1. The number of fused-ring (bicyclic) bond motifs is 1. The van der Waals surface area contributed by atoms with Crippen LogP contribution in [-0.4, -0.2) is 93.4 Å². The molecule has 5 N–H and O–H groups in total. The normalized spacial score (nSPS) is 45.3. The van der Waals surface area contributed by atoms with Crippen LogP contribution in [0.1, 0.15) is 40.0 Å². The molecule has 3 aliphatic heterocycles. The van der Waals surface area contributed by atoms with Crippen LogP contribution < -0.4 is 10.8 Å². The Labute approximate surface area is 187 Å². The number of hydrogen-bond donors (Lipinski definition) is 5. The summed E-state index contributed by atoms with van der Waals surface area (Å²) in [6.07, 6.45) is -0.775. The van der Waals surface area contributed by atoms with E-state index in [4.69, 9.17) is 21.2 Å². The molecule has 0 aromatic carbocycles. The summed E-state index contributed by atoms with van der Waals surface area (Å²) >= 11 is 6.36. The van der Waals surface area contributed by atoms with Crippen molar-refractivity contribution in [1.29, 1.82) is 0 Å². The van der Waals surface area contributed by atoms with Crippen molar-refractivity contribution in [1.82, 2.24) is 15.7 Å². The van der Waals surface area contributed by atoms with Gasteiger partial charge in [0.05, 0.1) is 18.9 Å². The number of alkyl halides is 1. The average molecular weight is 460 g/mol. The van der Waals surface area contributed by atoms with Crippen LogP contribution in [0, 0.1) is 11.8 Å². The van der Waals surface area contributed by atoms with Crippen molar-refractivity contribution in [3.63, 3.8) is 0 Å². The minimum atomic E-state index is -1.30. The third kappa shape index (κ3) is 4.24. The largest absolute Gasteiger partial charge is 0.387 e. The van der Waals surface area contributed by atoms with Gasteiger partial charge in [-0.15, -0.1) is 11.6 Å². The van der Waals surface area contributed by atoms with E-state index in [0.717, 1.165) is 19.3 Å². The molecule has 10 atom stereocenters. The number of ether oxygens (including phenoxy) is 1. The predicted molar refractivity (Wildman–Crippen MR) is 116 cm³/mol. The summed E-state index contributed by atoms with van der Waals surface area (Å²) in [5, 5.41) is 36.5. The summed E-state index contributed by atoms with van der Waals surface area (Å²) in [4.78, 5) is 15.8. The van der Waals surface area contributed by atoms with Gasteiger partial charge in [0, 0.05) is 5.38 Å². The van der Waals surface area contributed by atoms with E-state index in [0.29, 0.717) is 19.1 Å². The van der Waals surface area contributed by atoms with Crippen LogP contribution in [0.3, 0.4) is 0 Å². The fraction of sp³-hybridized carbons (Fsp3) is 0.900. The highest BCUT2D eigenvalue weighted by atomic mass is 35.5. The van der Waals surface area contributed by atoms with Gasteiger partial charge in [0.15, 0.2) is 0 Å². The van der Waals surface area contributed by atoms with E-state index >= 15 is 0 Å². The average Bonchev–Trinajstić information content (AvgIpc) is 3.30. The van der Waals surface area contributed by atoms with Crippen LogP contribution in [0.4, 0.5) is 0 Å². The minimum Gasteiger partial charge on any atom is -0.387 e. The van der Waals surface area contributed by atoms with Crippen LogP contribution in [0.5, 0.6) is 0 Å². The smallest absolute Gasteiger partial charge is 0.148 e. The van der Waals surface area contributed by atoms with Gasteiger partial charge < -0.3 is 20.1 Å². The van der Waals surface area contributed by atoms with Gasteiger partial charge in [-0.3, -0.25) is 20.6 Å². The fourth-order valence-corrected chi connectivity index (χ4v) is 5.49. The molecule has 0 bridgehead atoms. The summed E-state index contributed by atoms with van der Waals surface area (Å²) in [7, 11) is 0. The summed E-state index contributed by atoms with van der Waals surface area (Å²) in [5.41, 5.74) is 1.52. The van der Waals surface area contributed by atoms with Gasteiger partial charge in [-0.25, -0.2) is 9.89 Å². The topological polar surface area (TPSA) is 131 Å². The van der Waals surface area contributed by atoms with E-state index in [9.17, 15) is 15.3 Å². The van der Waals surface area contributed by atoms with Crippen molar-refractivity contribution in [3.05, 3.63) is 0 Å². The third-order valence-corrected chi connectivity index (χ3v) is 7.84. The van der Waals surface area contributed by atoms with Gasteiger partial charge in [0.2, 0.25) is 0 Å². The molecule has 0 amide bonds. The zero-order valence-corrected chi connectivity index (χ0v) is 18.9. The highest BCUT2D eigenvalue weighted by Crippen LogP contribution is 2.43. The van der Waals surface area contributed by atoms with Crippen LogP contribution in [-0.2, 0) is 9.57 Å². The number of hydrogen-bond acceptors (Lipinski definition) is 10. The van der Waals surface area contributed by atoms with Gasteiger partial charge in [0.1, 0.15) is 48.9 Å². The molecular formula is C20H34ClN5O5. The lowest BCUT2D eigenvalue weighted by Crippen LogP contribution is -2.53. The predicted octanol–water partition coefficient (Wildman–Crippen LogP) is -0.233. The minimum absolute atomic E-state index is 0.0746. The summed E-state index contributed by atoms with van der Waals surface area (Å²) in [5.74, 6) is 0.781. The first-order valence-electron chi connectivity index (χ1n) is 11.1. The lowest BCUT2D eigenvalue weighted by atomic mass is 9.71. The molecule has 2 saturated heterocycles. The van der Waals surface area contributed by atoms with Crippen LogP contribution in [0.25, 0.3) is 0 Å². The standard InChI is InChI=1S/C20H34ClN5O5/c1-4-30-25-17-13-18(23-8-22-17)26(9-24-13)19-15(28)14(27)16(31-19)20(3,29)11-5-6-12(21)10(2)7-11/h8,10-16,18-19,24,27-29H,4-7,9H2,1-3H3,(H,22,23,25)/t10?,11?,12?,13?,14-,15+,16-,18?,19+,20+/m0/s1. The van der Waals surface area contributed by atoms with Gasteiger partial charge >= 0.3 is 0 Å². The number of aliphatic hydroxyl groups excluding tert-OH is 2. The lowest BCUT2D eigenvalue weighted by Gasteiger charge is -2.43. The Bertz CT molecular complexity index is 709. The second-order valence-corrected chi connectivity index (χ2v) is 9.80. The number of nitrogens with one attached hydrogen (secondary N) is 2. The van der Waals surface area contributed by atoms with Crippen LogP contribution >= 0.6 is 11.6 Å². The van der Waals surface area contributed by atoms with Gasteiger partial charge in [-0.05, 0) is 44.9 Å². The molecule has 0 aromatic heterocycles. The molecule has 4 rings (SSSR count). The molecule has 5 unspecified atom stereocenters. The SMILES string of the molecule is CCONC1=NC=NC2C1NCN2[C@@H]1O[C@H]([C@](C)(O)C2CCC(Cl)C(C)C2)[C@@H](O)[C@H]1O. The molecule has 3 fully saturated rings. The van der Waals surface area contributed by atoms with Gasteiger partial charge in [-0.2, -0.15) is 0 Å². The monoisotopic (exact) mass is 459 g/mol. The van der Waals surface area contributed by atoms with E-state index in [1.165, 1.54) is 6.34 Å². The Morgan fingerprint density at radius 1 is 1.39 bits per heavy atom. The van der Waals surface area contributed by atoms with Crippen molar-refractivity contribution in [2.45, 2.75) is 87.8 Å². The molecule has 0 spiro atoms. The van der Waals surface area contributed by atoms with E-state index in [1.807, 2.05) is 11.8 Å². The first-order valence-corrected chi connectivity index (χ1v) is 11.5. The molecule has 176 valence electrons. The number of amidine groups is 1. The van der Waals surface area contributed by atoms with Gasteiger partial charge in [0.25, 0.3) is 0 Å². The third-order valence-electron chi connectivity index (χ3n) is 7.20. The van der Waals surface area contributed by atoms with Crippen molar-refractivity contribution in [2.75, 3.05) is 13.3 Å². The van der Waals surface area contributed by atoms with Crippen molar-refractivity contribution in [2.24, 2.45) is 21.8 Å². The molecule has 31 heavy (non-hydrogen) atoms. The maximum absolute atomic E-state index is 11.4. The molecule has 0 aromatic rings. The van der Waals surface area contributed by atoms with Crippen molar-refractivity contribution in [3.8, 4) is 0 Å². The second kappa shape index (κ2) is 9.18. The first-order chi connectivity index (χ1) is 14.8. The molecule has 10 nitrogen and oxygen atoms in total. The van der Waals surface area contributed by atoms with Crippen molar-refractivity contribution >= 4 is 23.8 Å². The Morgan fingerprint density at radius 2 is 2.16 bits per heavy atom. The number of aliphatic hydroxyl groups is 3. The molecule has 3 heterocycles. The zero-order chi connectivity index (χ0) is 22.3. The molecular weight excluding hydrogens is 426 g/mol. The molecule has 1 saturated carbocycles. The number of nitrogens with zero attached hydrogens (tertiary/aromatic N) is 3. The highest BCUT2D eigenvalue weighted by molar-refractivity contribution is 6.20. The molecule has 1 aliphatic carbocycles. The fourth-order valence-electron chi connectivity index (χ4n) is 5.26. The second-order valence-electron chi connectivity index (χ2n) is 9.24. The number of halogens is 1. The Balaban J connectivity index is 1.47. The Kier molecular flexibility index (Phi) is 6.91. The van der Waals surface area contributed by atoms with E-state index in [2.05, 4.69) is 27.7 Å². The quantitative estimate of drug-likeness (QED) is 0.281.